The molecule has 2 heterocycles. The van der Waals surface area contributed by atoms with E-state index in [1.165, 1.54) is 11.1 Å². The van der Waals surface area contributed by atoms with E-state index < -0.39 is 27.3 Å². The lowest BCUT2D eigenvalue weighted by Crippen LogP contribution is -2.45. The van der Waals surface area contributed by atoms with Crippen LogP contribution in [0.15, 0.2) is 48.6 Å². The number of benzene rings is 2. The molecule has 1 fully saturated rings. The zero-order valence-corrected chi connectivity index (χ0v) is 27.9. The highest BCUT2D eigenvalue weighted by molar-refractivity contribution is 7.90. The maximum atomic E-state index is 13.4. The summed E-state index contributed by atoms with van der Waals surface area (Å²) < 4.78 is 35.3. The molecule has 0 spiro atoms. The second-order valence-electron chi connectivity index (χ2n) is 13.1. The third kappa shape index (κ3) is 6.97. The summed E-state index contributed by atoms with van der Waals surface area (Å²) in [5.41, 5.74) is 3.52. The lowest BCUT2D eigenvalue weighted by molar-refractivity contribution is 0.0317. The van der Waals surface area contributed by atoms with Gasteiger partial charge in [-0.15, -0.1) is 0 Å². The molecule has 5 rings (SSSR count). The van der Waals surface area contributed by atoms with Gasteiger partial charge < -0.3 is 14.7 Å². The van der Waals surface area contributed by atoms with Crippen LogP contribution in [0.25, 0.3) is 0 Å². The van der Waals surface area contributed by atoms with Gasteiger partial charge in [-0.1, -0.05) is 57.0 Å². The van der Waals surface area contributed by atoms with Gasteiger partial charge in [-0.3, -0.25) is 4.79 Å². The number of ether oxygens (including phenoxy) is 1. The third-order valence-corrected chi connectivity index (χ3v) is 12.3. The van der Waals surface area contributed by atoms with Crippen LogP contribution in [0.5, 0.6) is 5.75 Å². The molecule has 9 heteroatoms. The molecule has 2 aliphatic heterocycles. The Morgan fingerprint density at radius 3 is 2.61 bits per heavy atom. The number of nitrogens with zero attached hydrogens (tertiary/aromatic N) is 1. The number of amides is 1. The highest BCUT2D eigenvalue weighted by Gasteiger charge is 2.41. The molecule has 240 valence electrons. The molecule has 7 nitrogen and oxygen atoms in total. The molecule has 2 N–H and O–H groups in total. The van der Waals surface area contributed by atoms with Crippen LogP contribution in [0.1, 0.15) is 87.2 Å². The van der Waals surface area contributed by atoms with Crippen LogP contribution in [0.3, 0.4) is 0 Å². The van der Waals surface area contributed by atoms with Crippen molar-refractivity contribution in [2.45, 2.75) is 83.5 Å². The molecule has 0 saturated heterocycles. The number of aliphatic hydroxyl groups excluding tert-OH is 1. The molecule has 2 aromatic rings. The minimum atomic E-state index is -3.92. The number of anilines is 1. The number of carbonyl (C=O) groups excluding carboxylic acids is 1. The molecular formula is C35H47ClN2O5S. The van der Waals surface area contributed by atoms with Crippen LogP contribution < -0.4 is 14.4 Å². The van der Waals surface area contributed by atoms with Crippen LogP contribution in [0.4, 0.5) is 5.69 Å². The fourth-order valence-electron chi connectivity index (χ4n) is 7.12. The molecule has 3 aliphatic rings. The average molecular weight is 643 g/mol. The summed E-state index contributed by atoms with van der Waals surface area (Å²) in [4.78, 5) is 15.7. The zero-order valence-electron chi connectivity index (χ0n) is 26.3. The molecule has 0 radical (unpaired) electrons. The second kappa shape index (κ2) is 13.8. The van der Waals surface area contributed by atoms with Gasteiger partial charge in [0.05, 0.1) is 23.6 Å². The fourth-order valence-corrected chi connectivity index (χ4v) is 8.60. The van der Waals surface area contributed by atoms with Crippen molar-refractivity contribution in [2.75, 3.05) is 24.6 Å². The Balaban J connectivity index is 1.57. The van der Waals surface area contributed by atoms with E-state index in [-0.39, 0.29) is 23.3 Å². The summed E-state index contributed by atoms with van der Waals surface area (Å²) in [7, 11) is -3.92. The van der Waals surface area contributed by atoms with E-state index in [9.17, 15) is 18.3 Å². The number of sulfonamides is 1. The standard InChI is InChI=1S/C35H47ClN2O5S/c1-5-8-24-17-28(36)13-15-29(24)27-20-38-19-26-11-14-30(26)31(33(39)6-2)10-7-9-22(3)23(4)44(41,42)37-35(40)25-12-16-34(43-21-27)32(38)18-25/h7,10,12-13,15-18,22-23,26-27,30-31,33,39H,5-6,8-9,11,14,19-21H2,1-4H3,(H,37,40)/b10-7+. The van der Waals surface area contributed by atoms with Crippen molar-refractivity contribution in [1.82, 2.24) is 4.72 Å². The van der Waals surface area contributed by atoms with E-state index in [1.807, 2.05) is 26.0 Å². The number of carbonyl (C=O) groups is 1. The van der Waals surface area contributed by atoms with Crippen molar-refractivity contribution in [2.24, 2.45) is 23.7 Å². The maximum Gasteiger partial charge on any atom is 0.264 e. The first kappa shape index (κ1) is 32.8. The summed E-state index contributed by atoms with van der Waals surface area (Å²) in [5.74, 6) is 0.589. The summed E-state index contributed by atoms with van der Waals surface area (Å²) in [6, 6.07) is 11.3. The van der Waals surface area contributed by atoms with Gasteiger partial charge in [0.2, 0.25) is 10.0 Å². The number of aliphatic hydroxyl groups is 1. The first-order chi connectivity index (χ1) is 21.0. The fraction of sp³-hybridized carbons (Fsp3) is 0.571. The van der Waals surface area contributed by atoms with Gasteiger partial charge in [0, 0.05) is 35.5 Å². The van der Waals surface area contributed by atoms with E-state index >= 15 is 0 Å². The van der Waals surface area contributed by atoms with Gasteiger partial charge >= 0.3 is 0 Å². The monoisotopic (exact) mass is 642 g/mol. The second-order valence-corrected chi connectivity index (χ2v) is 15.5. The number of rotatable bonds is 5. The minimum Gasteiger partial charge on any atom is -0.491 e. The maximum absolute atomic E-state index is 13.4. The minimum absolute atomic E-state index is 0.00252. The Hall–Kier alpha value is -2.55. The van der Waals surface area contributed by atoms with Crippen molar-refractivity contribution in [3.63, 3.8) is 0 Å². The van der Waals surface area contributed by atoms with E-state index in [2.05, 4.69) is 34.8 Å². The van der Waals surface area contributed by atoms with Crippen molar-refractivity contribution in [3.8, 4) is 5.75 Å². The molecule has 2 aromatic carbocycles. The predicted octanol–water partition coefficient (Wildman–Crippen LogP) is 6.73. The summed E-state index contributed by atoms with van der Waals surface area (Å²) in [5, 5.41) is 11.1. The van der Waals surface area contributed by atoms with Gasteiger partial charge in [-0.05, 0) is 98.2 Å². The molecule has 1 amide bonds. The highest BCUT2D eigenvalue weighted by Crippen LogP contribution is 2.45. The van der Waals surface area contributed by atoms with E-state index in [0.717, 1.165) is 42.9 Å². The lowest BCUT2D eigenvalue weighted by atomic mass is 9.64. The number of hydrogen-bond donors (Lipinski definition) is 2. The normalized spacial score (nSPS) is 30.1. The number of allylic oxidation sites excluding steroid dienone is 1. The molecule has 1 saturated carbocycles. The molecule has 2 bridgehead atoms. The number of fused-ring (bicyclic) bond motifs is 2. The predicted molar refractivity (Wildman–Crippen MR) is 177 cm³/mol. The Morgan fingerprint density at radius 1 is 1.11 bits per heavy atom. The van der Waals surface area contributed by atoms with Crippen molar-refractivity contribution >= 4 is 33.2 Å². The van der Waals surface area contributed by atoms with Gasteiger partial charge in [0.1, 0.15) is 5.75 Å². The average Bonchev–Trinajstić information content (AvgIpc) is 3.16. The third-order valence-electron chi connectivity index (χ3n) is 10.2. The lowest BCUT2D eigenvalue weighted by Gasteiger charge is -2.45. The number of aryl methyl sites for hydroxylation is 1. The van der Waals surface area contributed by atoms with Crippen LogP contribution in [-0.2, 0) is 16.4 Å². The van der Waals surface area contributed by atoms with E-state index in [1.54, 1.807) is 25.1 Å². The molecule has 1 aliphatic carbocycles. The van der Waals surface area contributed by atoms with Crippen molar-refractivity contribution < 1.29 is 23.1 Å². The molecular weight excluding hydrogens is 596 g/mol. The summed E-state index contributed by atoms with van der Waals surface area (Å²) >= 11 is 6.41. The van der Waals surface area contributed by atoms with E-state index in [0.29, 0.717) is 43.6 Å². The summed E-state index contributed by atoms with van der Waals surface area (Å²) in [6.07, 6.45) is 8.93. The SMILES string of the molecule is CCCc1cc(Cl)ccc1C1COc2ccc3cc2N(C1)CC1CCC1C(C(O)CC)/C=C/CC(C)C(C)S(=O)(=O)NC3=O. The molecule has 7 atom stereocenters. The Morgan fingerprint density at radius 2 is 1.91 bits per heavy atom. The van der Waals surface area contributed by atoms with Crippen LogP contribution >= 0.6 is 11.6 Å². The van der Waals surface area contributed by atoms with Gasteiger partial charge in [0.25, 0.3) is 5.91 Å². The quantitative estimate of drug-likeness (QED) is 0.351. The highest BCUT2D eigenvalue weighted by atomic mass is 35.5. The Labute approximate surface area is 268 Å². The topological polar surface area (TPSA) is 95.9 Å². The van der Waals surface area contributed by atoms with Crippen molar-refractivity contribution in [1.29, 1.82) is 0 Å². The molecule has 7 unspecified atom stereocenters. The van der Waals surface area contributed by atoms with Crippen molar-refractivity contribution in [3.05, 3.63) is 70.3 Å². The largest absolute Gasteiger partial charge is 0.491 e. The van der Waals surface area contributed by atoms with E-state index in [4.69, 9.17) is 16.3 Å². The zero-order chi connectivity index (χ0) is 31.6. The summed E-state index contributed by atoms with van der Waals surface area (Å²) in [6.45, 7) is 9.63. The van der Waals surface area contributed by atoms with Crippen LogP contribution in [0.2, 0.25) is 5.02 Å². The Kier molecular flexibility index (Phi) is 10.3. The molecule has 44 heavy (non-hydrogen) atoms. The first-order valence-corrected chi connectivity index (χ1v) is 18.2. The smallest absolute Gasteiger partial charge is 0.264 e. The molecule has 0 aromatic heterocycles. The van der Waals surface area contributed by atoms with Gasteiger partial charge in [0.15, 0.2) is 0 Å². The van der Waals surface area contributed by atoms with Crippen LogP contribution in [-0.4, -0.2) is 50.5 Å². The number of halogens is 1. The van der Waals surface area contributed by atoms with Gasteiger partial charge in [-0.2, -0.15) is 0 Å². The first-order valence-electron chi connectivity index (χ1n) is 16.2. The Bertz CT molecular complexity index is 1480. The number of hydrogen-bond acceptors (Lipinski definition) is 6. The van der Waals surface area contributed by atoms with Crippen LogP contribution in [0, 0.1) is 23.7 Å². The number of nitrogens with one attached hydrogen (secondary N) is 1. The van der Waals surface area contributed by atoms with Gasteiger partial charge in [-0.25, -0.2) is 13.1 Å².